The predicted octanol–water partition coefficient (Wildman–Crippen LogP) is 2.76. The Balaban J connectivity index is 2.22. The molecule has 0 amide bonds. The molecule has 2 atom stereocenters. The zero-order chi connectivity index (χ0) is 13.3. The summed E-state index contributed by atoms with van der Waals surface area (Å²) in [6.45, 7) is 5.12. The van der Waals surface area contributed by atoms with Crippen LogP contribution in [0, 0.1) is 18.6 Å². The highest BCUT2D eigenvalue weighted by molar-refractivity contribution is 5.27. The van der Waals surface area contributed by atoms with Crippen LogP contribution in [0.4, 0.5) is 8.78 Å². The van der Waals surface area contributed by atoms with Gasteiger partial charge in [0, 0.05) is 24.2 Å². The lowest BCUT2D eigenvalue weighted by Gasteiger charge is -2.35. The number of hydrogen-bond acceptors (Lipinski definition) is 2. The third-order valence-electron chi connectivity index (χ3n) is 3.77. The SMILES string of the molecule is Cc1cc(F)c(C(C)N2CCCC(N)C2)cc1F. The molecular formula is C14H20F2N2. The molecule has 1 heterocycles. The van der Waals surface area contributed by atoms with Gasteiger partial charge in [0.25, 0.3) is 0 Å². The summed E-state index contributed by atoms with van der Waals surface area (Å²) < 4.78 is 27.5. The number of piperidine rings is 1. The number of hydrogen-bond donors (Lipinski definition) is 1. The van der Waals surface area contributed by atoms with Crippen molar-refractivity contribution in [2.75, 3.05) is 13.1 Å². The fourth-order valence-corrected chi connectivity index (χ4v) is 2.57. The molecule has 0 spiro atoms. The van der Waals surface area contributed by atoms with Crippen LogP contribution in [0.3, 0.4) is 0 Å². The van der Waals surface area contributed by atoms with E-state index < -0.39 is 0 Å². The summed E-state index contributed by atoms with van der Waals surface area (Å²) in [7, 11) is 0. The minimum atomic E-state index is -0.348. The van der Waals surface area contributed by atoms with Gasteiger partial charge in [0.05, 0.1) is 0 Å². The van der Waals surface area contributed by atoms with Crippen LogP contribution in [0.2, 0.25) is 0 Å². The lowest BCUT2D eigenvalue weighted by molar-refractivity contribution is 0.157. The van der Waals surface area contributed by atoms with Gasteiger partial charge in [-0.15, -0.1) is 0 Å². The average Bonchev–Trinajstić information content (AvgIpc) is 2.33. The van der Waals surface area contributed by atoms with Gasteiger partial charge in [-0.1, -0.05) is 0 Å². The van der Waals surface area contributed by atoms with Gasteiger partial charge in [0.15, 0.2) is 0 Å². The molecule has 1 aliphatic heterocycles. The Morgan fingerprint density at radius 3 is 2.72 bits per heavy atom. The molecule has 18 heavy (non-hydrogen) atoms. The molecular weight excluding hydrogens is 234 g/mol. The van der Waals surface area contributed by atoms with Crippen molar-refractivity contribution in [3.63, 3.8) is 0 Å². The Labute approximate surface area is 107 Å². The fourth-order valence-electron chi connectivity index (χ4n) is 2.57. The molecule has 1 aliphatic rings. The molecule has 0 bridgehead atoms. The Bertz CT molecular complexity index is 434. The van der Waals surface area contributed by atoms with Gasteiger partial charge in [-0.05, 0) is 50.9 Å². The zero-order valence-corrected chi connectivity index (χ0v) is 10.9. The first kappa shape index (κ1) is 13.4. The minimum Gasteiger partial charge on any atom is -0.327 e. The molecule has 0 aromatic heterocycles. The van der Waals surface area contributed by atoms with Crippen molar-refractivity contribution in [2.45, 2.75) is 38.8 Å². The summed E-state index contributed by atoms with van der Waals surface area (Å²) >= 11 is 0. The van der Waals surface area contributed by atoms with E-state index in [4.69, 9.17) is 5.73 Å². The van der Waals surface area contributed by atoms with Crippen LogP contribution in [-0.4, -0.2) is 24.0 Å². The number of rotatable bonds is 2. The summed E-state index contributed by atoms with van der Waals surface area (Å²) in [6, 6.07) is 2.59. The Hall–Kier alpha value is -1.00. The van der Waals surface area contributed by atoms with Gasteiger partial charge < -0.3 is 5.73 Å². The van der Waals surface area contributed by atoms with E-state index in [0.717, 1.165) is 25.9 Å². The zero-order valence-electron chi connectivity index (χ0n) is 10.9. The van der Waals surface area contributed by atoms with Crippen molar-refractivity contribution in [1.29, 1.82) is 0 Å². The van der Waals surface area contributed by atoms with E-state index in [2.05, 4.69) is 4.90 Å². The first-order valence-corrected chi connectivity index (χ1v) is 6.44. The normalized spacial score (nSPS) is 23.1. The quantitative estimate of drug-likeness (QED) is 0.879. The molecule has 2 unspecified atom stereocenters. The summed E-state index contributed by atoms with van der Waals surface area (Å²) in [4.78, 5) is 2.13. The molecule has 100 valence electrons. The van der Waals surface area contributed by atoms with E-state index in [1.54, 1.807) is 6.92 Å². The van der Waals surface area contributed by atoms with Gasteiger partial charge in [-0.25, -0.2) is 8.78 Å². The number of benzene rings is 1. The monoisotopic (exact) mass is 254 g/mol. The number of likely N-dealkylation sites (tertiary alicyclic amines) is 1. The second-order valence-electron chi connectivity index (χ2n) is 5.20. The Morgan fingerprint density at radius 2 is 2.06 bits per heavy atom. The predicted molar refractivity (Wildman–Crippen MR) is 68.3 cm³/mol. The maximum absolute atomic E-state index is 13.9. The van der Waals surface area contributed by atoms with E-state index in [-0.39, 0.29) is 23.7 Å². The topological polar surface area (TPSA) is 29.3 Å². The second kappa shape index (κ2) is 5.33. The molecule has 1 fully saturated rings. The third kappa shape index (κ3) is 2.70. The minimum absolute atomic E-state index is 0.133. The molecule has 0 saturated carbocycles. The lowest BCUT2D eigenvalue weighted by Crippen LogP contribution is -2.44. The van der Waals surface area contributed by atoms with Crippen LogP contribution in [0.25, 0.3) is 0 Å². The first-order chi connectivity index (χ1) is 8.49. The van der Waals surface area contributed by atoms with Crippen molar-refractivity contribution < 1.29 is 8.78 Å². The van der Waals surface area contributed by atoms with Crippen molar-refractivity contribution in [2.24, 2.45) is 5.73 Å². The van der Waals surface area contributed by atoms with Crippen molar-refractivity contribution in [3.8, 4) is 0 Å². The van der Waals surface area contributed by atoms with Crippen LogP contribution in [0.1, 0.15) is 36.9 Å². The van der Waals surface area contributed by atoms with Gasteiger partial charge in [0.1, 0.15) is 11.6 Å². The van der Waals surface area contributed by atoms with Crippen LogP contribution in [-0.2, 0) is 0 Å². The third-order valence-corrected chi connectivity index (χ3v) is 3.77. The van der Waals surface area contributed by atoms with Crippen molar-refractivity contribution in [1.82, 2.24) is 4.90 Å². The van der Waals surface area contributed by atoms with Gasteiger partial charge >= 0.3 is 0 Å². The average molecular weight is 254 g/mol. The van der Waals surface area contributed by atoms with Crippen LogP contribution >= 0.6 is 0 Å². The standard InChI is InChI=1S/C14H20F2N2/c1-9-6-14(16)12(7-13(9)15)10(2)18-5-3-4-11(17)8-18/h6-7,10-11H,3-5,8,17H2,1-2H3. The molecule has 2 nitrogen and oxygen atoms in total. The second-order valence-corrected chi connectivity index (χ2v) is 5.20. The molecule has 2 N–H and O–H groups in total. The lowest BCUT2D eigenvalue weighted by atomic mass is 9.99. The molecule has 1 aromatic carbocycles. The molecule has 1 aromatic rings. The number of halogens is 2. The maximum Gasteiger partial charge on any atom is 0.128 e. The highest BCUT2D eigenvalue weighted by Crippen LogP contribution is 2.27. The summed E-state index contributed by atoms with van der Waals surface area (Å²) in [5.41, 5.74) is 6.69. The summed E-state index contributed by atoms with van der Waals surface area (Å²) in [5.74, 6) is -0.680. The molecule has 2 rings (SSSR count). The molecule has 0 aliphatic carbocycles. The number of aryl methyl sites for hydroxylation is 1. The Kier molecular flexibility index (Phi) is 3.97. The van der Waals surface area contributed by atoms with Gasteiger partial charge in [-0.2, -0.15) is 0 Å². The van der Waals surface area contributed by atoms with E-state index in [1.807, 2.05) is 6.92 Å². The highest BCUT2D eigenvalue weighted by atomic mass is 19.1. The van der Waals surface area contributed by atoms with Crippen LogP contribution in [0.5, 0.6) is 0 Å². The van der Waals surface area contributed by atoms with E-state index in [1.165, 1.54) is 12.1 Å². The van der Waals surface area contributed by atoms with Crippen LogP contribution in [0.15, 0.2) is 12.1 Å². The molecule has 0 radical (unpaired) electrons. The summed E-state index contributed by atoms with van der Waals surface area (Å²) in [6.07, 6.45) is 2.02. The van der Waals surface area contributed by atoms with E-state index in [9.17, 15) is 8.78 Å². The highest BCUT2D eigenvalue weighted by Gasteiger charge is 2.24. The molecule has 4 heteroatoms. The van der Waals surface area contributed by atoms with Gasteiger partial charge in [-0.3, -0.25) is 4.90 Å². The number of nitrogens with zero attached hydrogens (tertiary/aromatic N) is 1. The fraction of sp³-hybridized carbons (Fsp3) is 0.571. The van der Waals surface area contributed by atoms with E-state index in [0.29, 0.717) is 11.1 Å². The number of nitrogens with two attached hydrogens (primary N) is 1. The van der Waals surface area contributed by atoms with E-state index >= 15 is 0 Å². The van der Waals surface area contributed by atoms with Crippen molar-refractivity contribution >= 4 is 0 Å². The van der Waals surface area contributed by atoms with Crippen molar-refractivity contribution in [3.05, 3.63) is 34.9 Å². The smallest absolute Gasteiger partial charge is 0.128 e. The molecule has 1 saturated heterocycles. The Morgan fingerprint density at radius 1 is 1.33 bits per heavy atom. The maximum atomic E-state index is 13.9. The largest absolute Gasteiger partial charge is 0.327 e. The van der Waals surface area contributed by atoms with Gasteiger partial charge in [0.2, 0.25) is 0 Å². The summed E-state index contributed by atoms with van der Waals surface area (Å²) in [5, 5.41) is 0. The van der Waals surface area contributed by atoms with Crippen LogP contribution < -0.4 is 5.73 Å². The first-order valence-electron chi connectivity index (χ1n) is 6.44.